The number of rotatable bonds is 8. The van der Waals surface area contributed by atoms with E-state index in [9.17, 15) is 19.5 Å². The summed E-state index contributed by atoms with van der Waals surface area (Å²) in [5.74, 6) is -1.78. The summed E-state index contributed by atoms with van der Waals surface area (Å²) in [7, 11) is 0. The highest BCUT2D eigenvalue weighted by Crippen LogP contribution is 2.30. The summed E-state index contributed by atoms with van der Waals surface area (Å²) in [6, 6.07) is 3.19. The molecule has 150 valence electrons. The molecule has 1 aromatic heterocycles. The maximum Gasteiger partial charge on any atom is 0.326 e. The van der Waals surface area contributed by atoms with Gasteiger partial charge in [0.15, 0.2) is 0 Å². The Bertz CT molecular complexity index is 900. The smallest absolute Gasteiger partial charge is 0.326 e. The Morgan fingerprint density at radius 3 is 2.54 bits per heavy atom. The van der Waals surface area contributed by atoms with Gasteiger partial charge < -0.3 is 20.2 Å². The van der Waals surface area contributed by atoms with E-state index in [4.69, 9.17) is 4.42 Å². The number of hydrogen-bond acceptors (Lipinski definition) is 4. The Morgan fingerprint density at radius 2 is 1.86 bits per heavy atom. The molecule has 1 aliphatic carbocycles. The van der Waals surface area contributed by atoms with Gasteiger partial charge in [-0.3, -0.25) is 9.59 Å². The lowest BCUT2D eigenvalue weighted by Crippen LogP contribution is -2.46. The summed E-state index contributed by atoms with van der Waals surface area (Å²) >= 11 is 0. The minimum atomic E-state index is -1.08. The van der Waals surface area contributed by atoms with Crippen molar-refractivity contribution in [3.05, 3.63) is 35.1 Å². The Morgan fingerprint density at radius 1 is 1.14 bits per heavy atom. The molecule has 0 aliphatic heterocycles. The molecule has 1 aliphatic rings. The summed E-state index contributed by atoms with van der Waals surface area (Å²) < 4.78 is 5.59. The third-order valence-electron chi connectivity index (χ3n) is 5.01. The van der Waals surface area contributed by atoms with Gasteiger partial charge in [0.05, 0.1) is 19.2 Å². The Hall–Kier alpha value is -2.83. The van der Waals surface area contributed by atoms with E-state index in [0.717, 1.165) is 35.8 Å². The van der Waals surface area contributed by atoms with Crippen molar-refractivity contribution in [1.29, 1.82) is 0 Å². The zero-order valence-electron chi connectivity index (χ0n) is 16.2. The highest BCUT2D eigenvalue weighted by atomic mass is 16.4. The average Bonchev–Trinajstić information content (AvgIpc) is 3.23. The Balaban J connectivity index is 1.55. The molecule has 2 aromatic rings. The van der Waals surface area contributed by atoms with Gasteiger partial charge >= 0.3 is 5.97 Å². The van der Waals surface area contributed by atoms with E-state index < -0.39 is 17.9 Å². The number of nitrogens with one attached hydrogen (secondary N) is 2. The van der Waals surface area contributed by atoms with Crippen molar-refractivity contribution in [2.45, 2.75) is 52.0 Å². The molecular formula is C21H26N2O5. The Labute approximate surface area is 163 Å². The number of fused-ring (bicyclic) bond motifs is 2. The van der Waals surface area contributed by atoms with Crippen LogP contribution in [-0.2, 0) is 33.6 Å². The molecule has 0 fully saturated rings. The van der Waals surface area contributed by atoms with Crippen LogP contribution in [0, 0.1) is 5.92 Å². The molecule has 0 unspecified atom stereocenters. The highest BCUT2D eigenvalue weighted by Gasteiger charge is 2.21. The first-order chi connectivity index (χ1) is 13.3. The van der Waals surface area contributed by atoms with E-state index in [1.165, 1.54) is 11.1 Å². The fourth-order valence-electron chi connectivity index (χ4n) is 3.64. The third-order valence-corrected chi connectivity index (χ3v) is 5.01. The number of carbonyl (C=O) groups excluding carboxylic acids is 2. The van der Waals surface area contributed by atoms with Crippen molar-refractivity contribution in [2.75, 3.05) is 6.54 Å². The zero-order chi connectivity index (χ0) is 20.3. The number of aliphatic carboxylic acids is 1. The number of amides is 2. The van der Waals surface area contributed by atoms with Crippen LogP contribution < -0.4 is 10.6 Å². The minimum absolute atomic E-state index is 0.105. The van der Waals surface area contributed by atoms with E-state index in [1.54, 1.807) is 6.26 Å². The molecule has 2 amide bonds. The van der Waals surface area contributed by atoms with Crippen molar-refractivity contribution in [3.63, 3.8) is 0 Å². The maximum absolute atomic E-state index is 12.2. The number of benzene rings is 1. The maximum atomic E-state index is 12.2. The average molecular weight is 386 g/mol. The Kier molecular flexibility index (Phi) is 6.02. The molecular weight excluding hydrogens is 360 g/mol. The quantitative estimate of drug-likeness (QED) is 0.644. The lowest BCUT2D eigenvalue weighted by atomic mass is 10.0. The van der Waals surface area contributed by atoms with Crippen LogP contribution in [0.5, 0.6) is 0 Å². The fourth-order valence-corrected chi connectivity index (χ4v) is 3.64. The molecule has 28 heavy (non-hydrogen) atoms. The zero-order valence-corrected chi connectivity index (χ0v) is 16.2. The first kappa shape index (κ1) is 19.9. The fraction of sp³-hybridized carbons (Fsp3) is 0.476. The van der Waals surface area contributed by atoms with Crippen LogP contribution in [-0.4, -0.2) is 35.5 Å². The van der Waals surface area contributed by atoms with Crippen molar-refractivity contribution in [2.24, 2.45) is 5.92 Å². The van der Waals surface area contributed by atoms with Crippen LogP contribution in [0.15, 0.2) is 22.8 Å². The van der Waals surface area contributed by atoms with Gasteiger partial charge in [0.1, 0.15) is 11.6 Å². The first-order valence-corrected chi connectivity index (χ1v) is 9.64. The van der Waals surface area contributed by atoms with Crippen LogP contribution in [0.4, 0.5) is 0 Å². The van der Waals surface area contributed by atoms with Crippen molar-refractivity contribution in [3.8, 4) is 0 Å². The van der Waals surface area contributed by atoms with Gasteiger partial charge in [-0.2, -0.15) is 0 Å². The number of furan rings is 1. The number of aryl methyl sites for hydroxylation is 2. The molecule has 0 spiro atoms. The number of carboxylic acid groups (broad SMARTS) is 1. The molecule has 0 saturated carbocycles. The van der Waals surface area contributed by atoms with Crippen LogP contribution in [0.2, 0.25) is 0 Å². The molecule has 7 heteroatoms. The second-order valence-corrected chi connectivity index (χ2v) is 7.77. The predicted octanol–water partition coefficient (Wildman–Crippen LogP) is 2.20. The van der Waals surface area contributed by atoms with E-state index in [0.29, 0.717) is 6.42 Å². The summed E-state index contributed by atoms with van der Waals surface area (Å²) in [6.45, 7) is 3.51. The molecule has 1 heterocycles. The lowest BCUT2D eigenvalue weighted by molar-refractivity contribution is -0.142. The van der Waals surface area contributed by atoms with Gasteiger partial charge in [0, 0.05) is 10.9 Å². The topological polar surface area (TPSA) is 109 Å². The highest BCUT2D eigenvalue weighted by molar-refractivity contribution is 5.91. The lowest BCUT2D eigenvalue weighted by Gasteiger charge is -2.16. The van der Waals surface area contributed by atoms with E-state index in [-0.39, 0.29) is 24.8 Å². The second kappa shape index (κ2) is 8.46. The van der Waals surface area contributed by atoms with Gasteiger partial charge in [-0.1, -0.05) is 13.8 Å². The molecule has 3 rings (SSSR count). The van der Waals surface area contributed by atoms with Gasteiger partial charge in [-0.05, 0) is 54.9 Å². The van der Waals surface area contributed by atoms with Crippen LogP contribution in [0.3, 0.4) is 0 Å². The second-order valence-electron chi connectivity index (χ2n) is 7.77. The summed E-state index contributed by atoms with van der Waals surface area (Å²) in [6.07, 6.45) is 5.27. The standard InChI is InChI=1S/C21H26N2O5/c1-12(2)6-17(21(26)27)23-20(25)10-22-19(24)9-15-11-28-18-8-14-5-3-4-13(14)7-16(15)18/h7-8,11-12,17H,3-6,9-10H2,1-2H3,(H,22,24)(H,23,25)(H,26,27)/t17-/m0/s1. The van der Waals surface area contributed by atoms with Crippen molar-refractivity contribution < 1.29 is 23.9 Å². The number of hydrogen-bond donors (Lipinski definition) is 3. The third kappa shape index (κ3) is 4.71. The summed E-state index contributed by atoms with van der Waals surface area (Å²) in [4.78, 5) is 35.4. The molecule has 3 N–H and O–H groups in total. The SMILES string of the molecule is CC(C)C[C@H](NC(=O)CNC(=O)Cc1coc2cc3c(cc12)CCC3)C(=O)O. The van der Waals surface area contributed by atoms with Gasteiger partial charge in [-0.25, -0.2) is 4.79 Å². The van der Waals surface area contributed by atoms with E-state index in [1.807, 2.05) is 19.9 Å². The molecule has 0 bridgehead atoms. The molecule has 0 radical (unpaired) electrons. The van der Waals surface area contributed by atoms with Gasteiger partial charge in [0.25, 0.3) is 0 Å². The predicted molar refractivity (Wildman–Crippen MR) is 104 cm³/mol. The molecule has 0 saturated heterocycles. The van der Waals surface area contributed by atoms with Crippen LogP contribution in [0.25, 0.3) is 11.0 Å². The largest absolute Gasteiger partial charge is 0.480 e. The number of carboxylic acids is 1. The van der Waals surface area contributed by atoms with Gasteiger partial charge in [0.2, 0.25) is 11.8 Å². The first-order valence-electron chi connectivity index (χ1n) is 9.64. The normalized spacial score (nSPS) is 14.1. The molecule has 1 aromatic carbocycles. The van der Waals surface area contributed by atoms with Crippen molar-refractivity contribution in [1.82, 2.24) is 10.6 Å². The molecule has 7 nitrogen and oxygen atoms in total. The van der Waals surface area contributed by atoms with Crippen LogP contribution in [0.1, 0.15) is 43.4 Å². The van der Waals surface area contributed by atoms with Crippen LogP contribution >= 0.6 is 0 Å². The molecule has 1 atom stereocenters. The van der Waals surface area contributed by atoms with Gasteiger partial charge in [-0.15, -0.1) is 0 Å². The van der Waals surface area contributed by atoms with E-state index in [2.05, 4.69) is 16.7 Å². The van der Waals surface area contributed by atoms with E-state index >= 15 is 0 Å². The van der Waals surface area contributed by atoms with Crippen molar-refractivity contribution >= 4 is 28.8 Å². The summed E-state index contributed by atoms with van der Waals surface area (Å²) in [5, 5.41) is 15.1. The monoisotopic (exact) mass is 386 g/mol. The summed E-state index contributed by atoms with van der Waals surface area (Å²) in [5.41, 5.74) is 4.17. The number of carbonyl (C=O) groups is 3. The minimum Gasteiger partial charge on any atom is -0.480 e.